The standard InChI is InChI=1S/C18H22N2O4S/c21-18-9-5-4-8-17(18)20-12-10-19(11-13-20)14-15-25(22,23)24-16-6-2-1-3-7-16/h1-9,21H,10-15H2/p+1. The van der Waals surface area contributed by atoms with Crippen LogP contribution < -0.4 is 14.0 Å². The molecule has 3 rings (SSSR count). The minimum Gasteiger partial charge on any atom is -0.506 e. The molecule has 0 radical (unpaired) electrons. The molecule has 134 valence electrons. The maximum absolute atomic E-state index is 12.1. The Kier molecular flexibility index (Phi) is 5.45. The molecule has 25 heavy (non-hydrogen) atoms. The van der Waals surface area contributed by atoms with E-state index < -0.39 is 10.1 Å². The van der Waals surface area contributed by atoms with E-state index in [4.69, 9.17) is 4.18 Å². The van der Waals surface area contributed by atoms with Crippen LogP contribution in [0.25, 0.3) is 0 Å². The van der Waals surface area contributed by atoms with Crippen molar-refractivity contribution in [3.05, 3.63) is 54.6 Å². The highest BCUT2D eigenvalue weighted by Gasteiger charge is 2.24. The lowest BCUT2D eigenvalue weighted by atomic mass is 10.2. The Morgan fingerprint density at radius 3 is 2.32 bits per heavy atom. The molecule has 1 heterocycles. The van der Waals surface area contributed by atoms with Crippen LogP contribution in [0.2, 0.25) is 0 Å². The van der Waals surface area contributed by atoms with Crippen molar-refractivity contribution >= 4 is 15.8 Å². The average molecular weight is 363 g/mol. The molecular weight excluding hydrogens is 340 g/mol. The van der Waals surface area contributed by atoms with E-state index in [2.05, 4.69) is 4.90 Å². The maximum Gasteiger partial charge on any atom is 0.314 e. The summed E-state index contributed by atoms with van der Waals surface area (Å²) in [6, 6.07) is 15.9. The molecule has 2 N–H and O–H groups in total. The number of benzene rings is 2. The first-order valence-corrected chi connectivity index (χ1v) is 9.95. The average Bonchev–Trinajstić information content (AvgIpc) is 2.62. The predicted octanol–water partition coefficient (Wildman–Crippen LogP) is 0.506. The minimum atomic E-state index is -3.58. The minimum absolute atomic E-state index is 0.00614. The summed E-state index contributed by atoms with van der Waals surface area (Å²) >= 11 is 0. The van der Waals surface area contributed by atoms with Crippen molar-refractivity contribution in [2.75, 3.05) is 43.4 Å². The highest BCUT2D eigenvalue weighted by Crippen LogP contribution is 2.25. The number of rotatable bonds is 6. The number of nitrogens with zero attached hydrogens (tertiary/aromatic N) is 1. The van der Waals surface area contributed by atoms with E-state index in [1.165, 1.54) is 4.90 Å². The van der Waals surface area contributed by atoms with Gasteiger partial charge in [0.05, 0.1) is 38.4 Å². The molecule has 0 unspecified atom stereocenters. The van der Waals surface area contributed by atoms with Gasteiger partial charge in [0.1, 0.15) is 17.3 Å². The van der Waals surface area contributed by atoms with Gasteiger partial charge >= 0.3 is 10.1 Å². The first kappa shape index (κ1) is 17.6. The molecule has 7 heteroatoms. The smallest absolute Gasteiger partial charge is 0.314 e. The van der Waals surface area contributed by atoms with Crippen molar-refractivity contribution < 1.29 is 22.6 Å². The van der Waals surface area contributed by atoms with Gasteiger partial charge in [-0.05, 0) is 24.3 Å². The molecule has 1 aliphatic heterocycles. The fourth-order valence-corrected chi connectivity index (χ4v) is 4.01. The zero-order valence-electron chi connectivity index (χ0n) is 14.0. The molecule has 0 saturated carbocycles. The van der Waals surface area contributed by atoms with E-state index >= 15 is 0 Å². The Labute approximate surface area is 148 Å². The van der Waals surface area contributed by atoms with Gasteiger partial charge in [0.25, 0.3) is 0 Å². The summed E-state index contributed by atoms with van der Waals surface area (Å²) < 4.78 is 29.3. The van der Waals surface area contributed by atoms with E-state index in [1.54, 1.807) is 36.4 Å². The second kappa shape index (κ2) is 7.76. The van der Waals surface area contributed by atoms with Gasteiger partial charge in [-0.15, -0.1) is 0 Å². The molecule has 0 aliphatic carbocycles. The van der Waals surface area contributed by atoms with Crippen LogP contribution in [0, 0.1) is 0 Å². The van der Waals surface area contributed by atoms with E-state index in [0.717, 1.165) is 31.9 Å². The number of para-hydroxylation sites is 3. The van der Waals surface area contributed by atoms with Crippen LogP contribution in [0.4, 0.5) is 5.69 Å². The Bertz CT molecular complexity index is 788. The summed E-state index contributed by atoms with van der Waals surface area (Å²) in [6.07, 6.45) is 0. The highest BCUT2D eigenvalue weighted by atomic mass is 32.2. The SMILES string of the molecule is O=S(=O)(CC[NH+]1CCN(c2ccccc2O)CC1)Oc1ccccc1. The summed E-state index contributed by atoms with van der Waals surface area (Å²) in [6.45, 7) is 3.74. The molecule has 0 amide bonds. The molecule has 1 aliphatic rings. The highest BCUT2D eigenvalue weighted by molar-refractivity contribution is 7.87. The number of nitrogens with one attached hydrogen (secondary N) is 1. The third-order valence-corrected chi connectivity index (χ3v) is 5.52. The number of phenolic OH excluding ortho intramolecular Hbond substituents is 1. The third kappa shape index (κ3) is 4.87. The second-order valence-corrected chi connectivity index (χ2v) is 7.82. The van der Waals surface area contributed by atoms with Gasteiger partial charge < -0.3 is 19.1 Å². The van der Waals surface area contributed by atoms with Gasteiger partial charge in [-0.2, -0.15) is 8.42 Å². The summed E-state index contributed by atoms with van der Waals surface area (Å²) in [5, 5.41) is 9.93. The van der Waals surface area contributed by atoms with Crippen molar-refractivity contribution in [1.82, 2.24) is 0 Å². The van der Waals surface area contributed by atoms with Crippen LogP contribution in [0.1, 0.15) is 0 Å². The lowest BCUT2D eigenvalue weighted by Crippen LogP contribution is -3.15. The molecule has 0 bridgehead atoms. The van der Waals surface area contributed by atoms with Crippen LogP contribution >= 0.6 is 0 Å². The number of piperazine rings is 1. The zero-order valence-corrected chi connectivity index (χ0v) is 14.8. The Balaban J connectivity index is 1.48. The molecule has 1 saturated heterocycles. The number of hydrogen-bond donors (Lipinski definition) is 2. The Morgan fingerprint density at radius 1 is 1.00 bits per heavy atom. The first-order chi connectivity index (χ1) is 12.0. The summed E-state index contributed by atoms with van der Waals surface area (Å²) in [4.78, 5) is 3.36. The van der Waals surface area contributed by atoms with Crippen LogP contribution in [0.3, 0.4) is 0 Å². The summed E-state index contributed by atoms with van der Waals surface area (Å²) in [7, 11) is -3.58. The third-order valence-electron chi connectivity index (χ3n) is 4.36. The van der Waals surface area contributed by atoms with E-state index in [1.807, 2.05) is 18.2 Å². The number of aromatic hydroxyl groups is 1. The zero-order chi connectivity index (χ0) is 17.7. The van der Waals surface area contributed by atoms with Crippen LogP contribution in [0.15, 0.2) is 54.6 Å². The topological polar surface area (TPSA) is 71.3 Å². The first-order valence-electron chi connectivity index (χ1n) is 8.37. The van der Waals surface area contributed by atoms with E-state index in [-0.39, 0.29) is 11.5 Å². The van der Waals surface area contributed by atoms with Gasteiger partial charge in [-0.1, -0.05) is 30.3 Å². The second-order valence-electron chi connectivity index (χ2n) is 6.13. The Morgan fingerprint density at radius 2 is 1.64 bits per heavy atom. The van der Waals surface area contributed by atoms with Gasteiger partial charge in [-0.25, -0.2) is 0 Å². The summed E-state index contributed by atoms with van der Waals surface area (Å²) in [5.41, 5.74) is 0.835. The van der Waals surface area contributed by atoms with Crippen molar-refractivity contribution in [3.8, 4) is 11.5 Å². The number of anilines is 1. The molecule has 2 aromatic carbocycles. The lowest BCUT2D eigenvalue weighted by Gasteiger charge is -2.33. The van der Waals surface area contributed by atoms with E-state index in [0.29, 0.717) is 12.3 Å². The summed E-state index contributed by atoms with van der Waals surface area (Å²) in [5.74, 6) is 0.625. The molecule has 6 nitrogen and oxygen atoms in total. The molecule has 1 fully saturated rings. The molecule has 0 aromatic heterocycles. The quantitative estimate of drug-likeness (QED) is 0.732. The lowest BCUT2D eigenvalue weighted by molar-refractivity contribution is -0.898. The van der Waals surface area contributed by atoms with E-state index in [9.17, 15) is 13.5 Å². The fraction of sp³-hybridized carbons (Fsp3) is 0.333. The molecule has 0 spiro atoms. The van der Waals surface area contributed by atoms with Crippen molar-refractivity contribution in [1.29, 1.82) is 0 Å². The molecular formula is C18H23N2O4S+. The Hall–Kier alpha value is -2.25. The van der Waals surface area contributed by atoms with Crippen molar-refractivity contribution in [2.24, 2.45) is 0 Å². The normalized spacial score (nSPS) is 15.9. The van der Waals surface area contributed by atoms with Crippen LogP contribution in [-0.2, 0) is 10.1 Å². The molecule has 0 atom stereocenters. The largest absolute Gasteiger partial charge is 0.506 e. The van der Waals surface area contributed by atoms with Crippen LogP contribution in [-0.4, -0.2) is 52.0 Å². The number of quaternary nitrogens is 1. The monoisotopic (exact) mass is 363 g/mol. The fourth-order valence-electron chi connectivity index (χ4n) is 2.98. The van der Waals surface area contributed by atoms with Gasteiger partial charge in [0.2, 0.25) is 0 Å². The molecule has 2 aromatic rings. The van der Waals surface area contributed by atoms with Gasteiger partial charge in [0.15, 0.2) is 0 Å². The maximum atomic E-state index is 12.1. The number of hydrogen-bond acceptors (Lipinski definition) is 5. The van der Waals surface area contributed by atoms with Gasteiger partial charge in [-0.3, -0.25) is 0 Å². The van der Waals surface area contributed by atoms with Crippen LogP contribution in [0.5, 0.6) is 11.5 Å². The van der Waals surface area contributed by atoms with Crippen molar-refractivity contribution in [2.45, 2.75) is 0 Å². The van der Waals surface area contributed by atoms with Gasteiger partial charge in [0, 0.05) is 0 Å². The van der Waals surface area contributed by atoms with Crippen molar-refractivity contribution in [3.63, 3.8) is 0 Å². The number of phenols is 1. The predicted molar refractivity (Wildman–Crippen MR) is 96.7 cm³/mol.